The van der Waals surface area contributed by atoms with Gasteiger partial charge in [0, 0.05) is 23.0 Å². The summed E-state index contributed by atoms with van der Waals surface area (Å²) in [7, 11) is 0. The van der Waals surface area contributed by atoms with Crippen molar-refractivity contribution in [2.45, 2.75) is 13.8 Å². The highest BCUT2D eigenvalue weighted by atomic mass is 16.4. The van der Waals surface area contributed by atoms with Gasteiger partial charge in [0.1, 0.15) is 5.75 Å². The summed E-state index contributed by atoms with van der Waals surface area (Å²) in [6.45, 7) is 4.02. The molecule has 4 rings (SSSR count). The molecule has 0 atom stereocenters. The maximum atomic E-state index is 12.4. The van der Waals surface area contributed by atoms with E-state index in [0.717, 1.165) is 22.4 Å². The molecule has 1 aromatic heterocycles. The molecule has 0 unspecified atom stereocenters. The number of rotatable bonds is 4. The minimum Gasteiger partial charge on any atom is -0.507 e. The molecule has 1 heterocycles. The summed E-state index contributed by atoms with van der Waals surface area (Å²) in [6.07, 6.45) is 1.84. The van der Waals surface area contributed by atoms with Crippen molar-refractivity contribution in [1.82, 2.24) is 4.57 Å². The Morgan fingerprint density at radius 3 is 2.07 bits per heavy atom. The second kappa shape index (κ2) is 7.32. The van der Waals surface area contributed by atoms with E-state index < -0.39 is 5.97 Å². The molecule has 0 amide bonds. The quantitative estimate of drug-likeness (QED) is 0.466. The zero-order valence-corrected chi connectivity index (χ0v) is 16.3. The predicted octanol–water partition coefficient (Wildman–Crippen LogP) is 5.83. The minimum absolute atomic E-state index is 0.0401. The SMILES string of the molecule is Cc1cc(C)cc(-n2cc(-c3ccccc3)c(C(=O)O)c2-c2ccccc2O)c1. The number of para-hydroxylation sites is 1. The Hall–Kier alpha value is -3.79. The van der Waals surface area contributed by atoms with Crippen LogP contribution in [0.15, 0.2) is 79.0 Å². The van der Waals surface area contributed by atoms with Gasteiger partial charge < -0.3 is 14.8 Å². The highest BCUT2D eigenvalue weighted by Crippen LogP contribution is 2.40. The van der Waals surface area contributed by atoms with Gasteiger partial charge in [-0.1, -0.05) is 48.5 Å². The van der Waals surface area contributed by atoms with Gasteiger partial charge in [0.25, 0.3) is 0 Å². The second-order valence-electron chi connectivity index (χ2n) is 7.17. The summed E-state index contributed by atoms with van der Waals surface area (Å²) in [4.78, 5) is 12.4. The summed E-state index contributed by atoms with van der Waals surface area (Å²) in [5.74, 6) is -0.997. The highest BCUT2D eigenvalue weighted by Gasteiger charge is 2.26. The lowest BCUT2D eigenvalue weighted by Gasteiger charge is -2.13. The number of hydrogen-bond donors (Lipinski definition) is 2. The fraction of sp³-hybridized carbons (Fsp3) is 0.0800. The number of phenolic OH excluding ortho intramolecular Hbond substituents is 1. The maximum Gasteiger partial charge on any atom is 0.338 e. The largest absolute Gasteiger partial charge is 0.507 e. The third-order valence-electron chi connectivity index (χ3n) is 4.95. The van der Waals surface area contributed by atoms with Crippen molar-refractivity contribution >= 4 is 5.97 Å². The first-order valence-electron chi connectivity index (χ1n) is 9.37. The maximum absolute atomic E-state index is 12.4. The van der Waals surface area contributed by atoms with Crippen LogP contribution in [0.25, 0.3) is 28.1 Å². The van der Waals surface area contributed by atoms with E-state index in [1.807, 2.05) is 67.1 Å². The van der Waals surface area contributed by atoms with Crippen LogP contribution in [0.1, 0.15) is 21.5 Å². The standard InChI is InChI=1S/C25H21NO3/c1-16-12-17(2)14-19(13-16)26-15-21(18-8-4-3-5-9-18)23(25(28)29)24(26)20-10-6-7-11-22(20)27/h3-15,27H,1-2H3,(H,28,29). The third kappa shape index (κ3) is 3.41. The summed E-state index contributed by atoms with van der Waals surface area (Å²) in [6, 6.07) is 22.4. The Kier molecular flexibility index (Phi) is 4.69. The molecular weight excluding hydrogens is 362 g/mol. The third-order valence-corrected chi connectivity index (χ3v) is 4.95. The number of phenols is 1. The van der Waals surface area contributed by atoms with Gasteiger partial charge in [-0.25, -0.2) is 4.79 Å². The zero-order chi connectivity index (χ0) is 20.5. The van der Waals surface area contributed by atoms with Crippen LogP contribution in [0, 0.1) is 13.8 Å². The van der Waals surface area contributed by atoms with Crippen LogP contribution in [0.2, 0.25) is 0 Å². The molecule has 0 saturated carbocycles. The molecule has 0 radical (unpaired) electrons. The van der Waals surface area contributed by atoms with E-state index in [-0.39, 0.29) is 11.3 Å². The van der Waals surface area contributed by atoms with Gasteiger partial charge in [0.2, 0.25) is 0 Å². The lowest BCUT2D eigenvalue weighted by molar-refractivity contribution is 0.0698. The van der Waals surface area contributed by atoms with Gasteiger partial charge in [-0.3, -0.25) is 0 Å². The van der Waals surface area contributed by atoms with Crippen LogP contribution < -0.4 is 0 Å². The highest BCUT2D eigenvalue weighted by molar-refractivity contribution is 6.04. The Morgan fingerprint density at radius 2 is 1.45 bits per heavy atom. The molecule has 0 fully saturated rings. The van der Waals surface area contributed by atoms with Crippen LogP contribution in [0.3, 0.4) is 0 Å². The molecule has 0 aliphatic rings. The topological polar surface area (TPSA) is 62.5 Å². The molecule has 4 heteroatoms. The first-order chi connectivity index (χ1) is 14.0. The van der Waals surface area contributed by atoms with Crippen molar-refractivity contribution in [3.63, 3.8) is 0 Å². The Balaban J connectivity index is 2.12. The van der Waals surface area contributed by atoms with Gasteiger partial charge in [0.05, 0.1) is 11.3 Å². The Bertz CT molecular complexity index is 1190. The molecule has 0 aliphatic carbocycles. The Morgan fingerprint density at radius 1 is 0.828 bits per heavy atom. The van der Waals surface area contributed by atoms with E-state index in [1.165, 1.54) is 0 Å². The normalized spacial score (nSPS) is 10.8. The van der Waals surface area contributed by atoms with Crippen molar-refractivity contribution in [1.29, 1.82) is 0 Å². The molecule has 3 aromatic carbocycles. The molecule has 0 saturated heterocycles. The van der Waals surface area contributed by atoms with Crippen LogP contribution in [0.5, 0.6) is 5.75 Å². The number of carbonyl (C=O) groups is 1. The van der Waals surface area contributed by atoms with Crippen molar-refractivity contribution in [2.24, 2.45) is 0 Å². The zero-order valence-electron chi connectivity index (χ0n) is 16.3. The molecule has 4 aromatic rings. The molecular formula is C25H21NO3. The number of aromatic carboxylic acids is 1. The number of carboxylic acid groups (broad SMARTS) is 1. The molecule has 0 bridgehead atoms. The van der Waals surface area contributed by atoms with Gasteiger partial charge in [0.15, 0.2) is 0 Å². The van der Waals surface area contributed by atoms with Gasteiger partial charge in [-0.05, 0) is 54.8 Å². The smallest absolute Gasteiger partial charge is 0.338 e. The van der Waals surface area contributed by atoms with Crippen LogP contribution in [-0.2, 0) is 0 Å². The van der Waals surface area contributed by atoms with E-state index in [4.69, 9.17) is 0 Å². The number of aromatic hydroxyl groups is 1. The van der Waals surface area contributed by atoms with Crippen molar-refractivity contribution in [3.05, 3.63) is 95.7 Å². The number of nitrogens with zero attached hydrogens (tertiary/aromatic N) is 1. The van der Waals surface area contributed by atoms with Crippen molar-refractivity contribution in [3.8, 4) is 33.8 Å². The van der Waals surface area contributed by atoms with E-state index >= 15 is 0 Å². The van der Waals surface area contributed by atoms with Crippen LogP contribution in [-0.4, -0.2) is 20.7 Å². The number of aryl methyl sites for hydroxylation is 2. The van der Waals surface area contributed by atoms with Gasteiger partial charge in [-0.15, -0.1) is 0 Å². The summed E-state index contributed by atoms with van der Waals surface area (Å²) in [5, 5.41) is 20.7. The van der Waals surface area contributed by atoms with Crippen LogP contribution in [0.4, 0.5) is 0 Å². The lowest BCUT2D eigenvalue weighted by atomic mass is 9.99. The number of aromatic nitrogens is 1. The van der Waals surface area contributed by atoms with E-state index in [0.29, 0.717) is 16.8 Å². The monoisotopic (exact) mass is 383 g/mol. The molecule has 2 N–H and O–H groups in total. The minimum atomic E-state index is -1.04. The first kappa shape index (κ1) is 18.6. The number of carboxylic acids is 1. The fourth-order valence-corrected chi connectivity index (χ4v) is 3.79. The van der Waals surface area contributed by atoms with Gasteiger partial charge in [-0.2, -0.15) is 0 Å². The van der Waals surface area contributed by atoms with E-state index in [9.17, 15) is 15.0 Å². The number of hydrogen-bond acceptors (Lipinski definition) is 2. The van der Waals surface area contributed by atoms with E-state index in [2.05, 4.69) is 6.07 Å². The molecule has 4 nitrogen and oxygen atoms in total. The predicted molar refractivity (Wildman–Crippen MR) is 115 cm³/mol. The van der Waals surface area contributed by atoms with E-state index in [1.54, 1.807) is 24.3 Å². The molecule has 0 aliphatic heterocycles. The second-order valence-corrected chi connectivity index (χ2v) is 7.17. The van der Waals surface area contributed by atoms with Crippen molar-refractivity contribution < 1.29 is 15.0 Å². The van der Waals surface area contributed by atoms with Crippen LogP contribution >= 0.6 is 0 Å². The summed E-state index contributed by atoms with van der Waals surface area (Å²) >= 11 is 0. The first-order valence-corrected chi connectivity index (χ1v) is 9.37. The molecule has 144 valence electrons. The summed E-state index contributed by atoms with van der Waals surface area (Å²) in [5.41, 5.74) is 5.53. The fourth-order valence-electron chi connectivity index (χ4n) is 3.79. The van der Waals surface area contributed by atoms with Gasteiger partial charge >= 0.3 is 5.97 Å². The summed E-state index contributed by atoms with van der Waals surface area (Å²) < 4.78 is 1.86. The molecule has 0 spiro atoms. The molecule has 29 heavy (non-hydrogen) atoms. The lowest BCUT2D eigenvalue weighted by Crippen LogP contribution is -2.03. The number of benzene rings is 3. The average molecular weight is 383 g/mol. The Labute approximate surface area is 169 Å². The average Bonchev–Trinajstić information content (AvgIpc) is 3.09. The van der Waals surface area contributed by atoms with Crippen molar-refractivity contribution in [2.75, 3.05) is 0 Å².